The number of carboxylic acids is 1. The van der Waals surface area contributed by atoms with Crippen LogP contribution in [0.5, 0.6) is 0 Å². The summed E-state index contributed by atoms with van der Waals surface area (Å²) in [5, 5.41) is 8.61. The van der Waals surface area contributed by atoms with Gasteiger partial charge in [0.25, 0.3) is 0 Å². The summed E-state index contributed by atoms with van der Waals surface area (Å²) >= 11 is 0. The van der Waals surface area contributed by atoms with E-state index in [1.165, 1.54) is 161 Å². The Hall–Kier alpha value is 0.730. The number of carboxylic acid groups (broad SMARTS) is 1. The van der Waals surface area contributed by atoms with Gasteiger partial charge in [0.1, 0.15) is 0 Å². The second-order valence-electron chi connectivity index (χ2n) is 10.3. The Morgan fingerprint density at radius 3 is 0.758 bits per heavy atom. The Labute approximate surface area is 238 Å². The first kappa shape index (κ1) is 35.9. The molecule has 0 spiro atoms. The molecule has 0 amide bonds. The zero-order valence-corrected chi connectivity index (χ0v) is 25.1. The van der Waals surface area contributed by atoms with E-state index in [1.807, 2.05) is 0 Å². The van der Waals surface area contributed by atoms with E-state index in [2.05, 4.69) is 6.92 Å². The van der Waals surface area contributed by atoms with E-state index in [9.17, 15) is 4.79 Å². The fourth-order valence-electron chi connectivity index (χ4n) is 4.77. The Bertz CT molecular complexity index is 359. The molecule has 194 valence electrons. The molecule has 0 heterocycles. The first-order chi connectivity index (χ1) is 15.8. The van der Waals surface area contributed by atoms with E-state index in [0.717, 1.165) is 12.8 Å². The molecule has 0 aromatic rings. The van der Waals surface area contributed by atoms with Crippen molar-refractivity contribution in [3.63, 3.8) is 0 Å². The molecule has 2 nitrogen and oxygen atoms in total. The van der Waals surface area contributed by atoms with Crippen molar-refractivity contribution < 1.29 is 9.90 Å². The van der Waals surface area contributed by atoms with Crippen LogP contribution in [0.15, 0.2) is 0 Å². The summed E-state index contributed by atoms with van der Waals surface area (Å²) in [6.45, 7) is 2.30. The van der Waals surface area contributed by atoms with Crippen molar-refractivity contribution in [2.24, 2.45) is 0 Å². The average molecular weight is 493 g/mol. The third-order valence-electron chi connectivity index (χ3n) is 6.99. The molecular weight excluding hydrogens is 432 g/mol. The van der Waals surface area contributed by atoms with Gasteiger partial charge in [-0.15, -0.1) is 0 Å². The van der Waals surface area contributed by atoms with Gasteiger partial charge in [-0.3, -0.25) is 4.79 Å². The van der Waals surface area contributed by atoms with Gasteiger partial charge in [-0.1, -0.05) is 174 Å². The minimum Gasteiger partial charge on any atom is -0.481 e. The maximum atomic E-state index is 10.4. The van der Waals surface area contributed by atoms with E-state index in [-0.39, 0.29) is 37.7 Å². The number of hydrogen-bond acceptors (Lipinski definition) is 1. The minimum atomic E-state index is -0.649. The van der Waals surface area contributed by atoms with Crippen LogP contribution in [0.3, 0.4) is 0 Å². The van der Waals surface area contributed by atoms with E-state index >= 15 is 0 Å². The number of aliphatic carboxylic acids is 1. The monoisotopic (exact) mass is 492 g/mol. The number of rotatable bonds is 28. The van der Waals surface area contributed by atoms with Gasteiger partial charge in [0.2, 0.25) is 0 Å². The fraction of sp³-hybridized carbons (Fsp3) is 0.967. The van der Waals surface area contributed by atoms with Crippen LogP contribution < -0.4 is 0 Å². The molecule has 0 atom stereocenters. The molecule has 0 fully saturated rings. The second kappa shape index (κ2) is 32.7. The van der Waals surface area contributed by atoms with E-state index in [0.29, 0.717) is 6.42 Å². The quantitative estimate of drug-likeness (QED) is 0.0870. The smallest absolute Gasteiger partial charge is 0.303 e. The predicted octanol–water partition coefficient (Wildman–Crippen LogP) is 10.6. The number of unbranched alkanes of at least 4 members (excludes halogenated alkanes) is 26. The van der Waals surface area contributed by atoms with Gasteiger partial charge in [-0.25, -0.2) is 0 Å². The zero-order chi connectivity index (χ0) is 23.4. The van der Waals surface area contributed by atoms with Gasteiger partial charge in [-0.05, 0) is 6.42 Å². The van der Waals surface area contributed by atoms with Crippen LogP contribution in [-0.2, 0) is 4.79 Å². The van der Waals surface area contributed by atoms with E-state index in [1.54, 1.807) is 0 Å². The molecule has 0 saturated heterocycles. The Kier molecular flexibility index (Phi) is 35.6. The largest absolute Gasteiger partial charge is 0.481 e. The van der Waals surface area contributed by atoms with Gasteiger partial charge in [-0.2, -0.15) is 0 Å². The first-order valence-corrected chi connectivity index (χ1v) is 15.0. The minimum absolute atomic E-state index is 0. The van der Waals surface area contributed by atoms with Gasteiger partial charge < -0.3 is 5.11 Å². The molecule has 0 saturated carbocycles. The van der Waals surface area contributed by atoms with Crippen molar-refractivity contribution in [1.82, 2.24) is 0 Å². The van der Waals surface area contributed by atoms with Crippen molar-refractivity contribution in [3.05, 3.63) is 0 Å². The molecule has 0 aliphatic heterocycles. The summed E-state index contributed by atoms with van der Waals surface area (Å²) in [7, 11) is 0. The topological polar surface area (TPSA) is 37.3 Å². The Balaban J connectivity index is 0. The van der Waals surface area contributed by atoms with E-state index < -0.39 is 5.97 Å². The van der Waals surface area contributed by atoms with Crippen molar-refractivity contribution in [3.8, 4) is 0 Å². The molecule has 0 aromatic carbocycles. The maximum absolute atomic E-state index is 10.4. The summed E-state index contributed by atoms with van der Waals surface area (Å²) < 4.78 is 0. The molecule has 0 aromatic heterocycles. The third-order valence-corrected chi connectivity index (χ3v) is 6.99. The molecule has 33 heavy (non-hydrogen) atoms. The van der Waals surface area contributed by atoms with E-state index in [4.69, 9.17) is 5.11 Å². The third kappa shape index (κ3) is 35.0. The summed E-state index contributed by atoms with van der Waals surface area (Å²) in [5.41, 5.74) is 0. The summed E-state index contributed by atoms with van der Waals surface area (Å²) in [4.78, 5) is 10.4. The predicted molar refractivity (Wildman–Crippen MR) is 148 cm³/mol. The molecule has 0 aliphatic carbocycles. The Morgan fingerprint density at radius 2 is 0.576 bits per heavy atom. The standard InChI is InChI=1S/C30H60O2.Ca/c1-2-3-4-5-6-7-8-9-10-11-12-13-14-15-16-17-18-19-20-21-22-23-24-25-26-27-28-29-30(31)32;/h2-29H2,1H3,(H,31,32);. The van der Waals surface area contributed by atoms with Gasteiger partial charge in [0.15, 0.2) is 0 Å². The number of hydrogen-bond donors (Lipinski definition) is 1. The van der Waals surface area contributed by atoms with Crippen LogP contribution >= 0.6 is 0 Å². The van der Waals surface area contributed by atoms with Gasteiger partial charge in [0.05, 0.1) is 0 Å². The van der Waals surface area contributed by atoms with Crippen LogP contribution in [0.2, 0.25) is 0 Å². The molecule has 0 bridgehead atoms. The Morgan fingerprint density at radius 1 is 0.394 bits per heavy atom. The molecule has 2 radical (unpaired) electrons. The first-order valence-electron chi connectivity index (χ1n) is 15.0. The van der Waals surface area contributed by atoms with Crippen LogP contribution in [-0.4, -0.2) is 48.8 Å². The molecule has 3 heteroatoms. The maximum Gasteiger partial charge on any atom is 0.303 e. The van der Waals surface area contributed by atoms with Crippen molar-refractivity contribution in [1.29, 1.82) is 0 Å². The normalized spacial score (nSPS) is 10.9. The summed E-state index contributed by atoms with van der Waals surface area (Å²) in [5.74, 6) is -0.649. The SMILES string of the molecule is CCCCCCCCCCCCCCCCCCCCCCCCCCCCCC(=O)O.[Ca]. The number of carbonyl (C=O) groups is 1. The summed E-state index contributed by atoms with van der Waals surface area (Å²) in [6, 6.07) is 0. The molecular formula is C30H60CaO2. The van der Waals surface area contributed by atoms with Crippen LogP contribution in [0.1, 0.15) is 187 Å². The van der Waals surface area contributed by atoms with Crippen LogP contribution in [0.25, 0.3) is 0 Å². The van der Waals surface area contributed by atoms with Crippen LogP contribution in [0.4, 0.5) is 0 Å². The van der Waals surface area contributed by atoms with Gasteiger partial charge in [0, 0.05) is 44.2 Å². The zero-order valence-electron chi connectivity index (χ0n) is 22.9. The fourth-order valence-corrected chi connectivity index (χ4v) is 4.77. The van der Waals surface area contributed by atoms with Crippen molar-refractivity contribution in [2.45, 2.75) is 187 Å². The molecule has 0 rings (SSSR count). The molecule has 1 N–H and O–H groups in total. The molecule has 0 unspecified atom stereocenters. The van der Waals surface area contributed by atoms with Crippen molar-refractivity contribution >= 4 is 43.7 Å². The van der Waals surface area contributed by atoms with Gasteiger partial charge >= 0.3 is 5.97 Å². The average Bonchev–Trinajstić information content (AvgIpc) is 2.78. The second-order valence-corrected chi connectivity index (χ2v) is 10.3. The summed E-state index contributed by atoms with van der Waals surface area (Å²) in [6.07, 6.45) is 38.0. The van der Waals surface area contributed by atoms with Crippen molar-refractivity contribution in [2.75, 3.05) is 0 Å². The van der Waals surface area contributed by atoms with Crippen LogP contribution in [0, 0.1) is 0 Å². The molecule has 0 aliphatic rings.